The zero-order valence-corrected chi connectivity index (χ0v) is 11.4. The molecule has 1 aliphatic rings. The Morgan fingerprint density at radius 1 is 1.50 bits per heavy atom. The summed E-state index contributed by atoms with van der Waals surface area (Å²) in [7, 11) is 0. The molecule has 0 saturated carbocycles. The van der Waals surface area contributed by atoms with E-state index >= 15 is 0 Å². The third-order valence-corrected chi connectivity index (χ3v) is 3.87. The van der Waals surface area contributed by atoms with Crippen LogP contribution >= 0.6 is 15.9 Å². The smallest absolute Gasteiger partial charge is 0.123 e. The zero-order chi connectivity index (χ0) is 11.7. The Hall–Kier alpha value is -0.540. The maximum Gasteiger partial charge on any atom is 0.123 e. The zero-order valence-electron chi connectivity index (χ0n) is 9.83. The number of benzene rings is 1. The third kappa shape index (κ3) is 2.41. The highest BCUT2D eigenvalue weighted by Gasteiger charge is 2.21. The molecule has 1 atom stereocenters. The van der Waals surface area contributed by atoms with Crippen LogP contribution in [0.4, 0.5) is 0 Å². The Bertz CT molecular complexity index is 392. The number of aromatic hydroxyl groups is 1. The number of phenolic OH excluding ortho intramolecular Hbond substituents is 1. The highest BCUT2D eigenvalue weighted by Crippen LogP contribution is 2.29. The van der Waals surface area contributed by atoms with Gasteiger partial charge in [0.05, 0.1) is 0 Å². The lowest BCUT2D eigenvalue weighted by Crippen LogP contribution is -2.26. The summed E-state index contributed by atoms with van der Waals surface area (Å²) in [5.41, 5.74) is 1.97. The molecule has 2 rings (SSSR count). The second kappa shape index (κ2) is 4.76. The molecule has 1 N–H and O–H groups in total. The summed E-state index contributed by atoms with van der Waals surface area (Å²) in [5.74, 6) is 0.447. The van der Waals surface area contributed by atoms with Gasteiger partial charge in [-0.1, -0.05) is 15.9 Å². The molecule has 16 heavy (non-hydrogen) atoms. The molecule has 1 fully saturated rings. The molecule has 0 bridgehead atoms. The summed E-state index contributed by atoms with van der Waals surface area (Å²) in [6.07, 6.45) is 2.54. The van der Waals surface area contributed by atoms with Crippen molar-refractivity contribution in [1.29, 1.82) is 0 Å². The van der Waals surface area contributed by atoms with E-state index in [9.17, 15) is 5.11 Å². The molecule has 88 valence electrons. The average Bonchev–Trinajstić information content (AvgIpc) is 2.60. The average molecular weight is 284 g/mol. The molecule has 0 aromatic heterocycles. The lowest BCUT2D eigenvalue weighted by Gasteiger charge is -2.22. The Balaban J connectivity index is 2.20. The van der Waals surface area contributed by atoms with Gasteiger partial charge >= 0.3 is 0 Å². The van der Waals surface area contributed by atoms with Crippen molar-refractivity contribution in [3.05, 3.63) is 27.7 Å². The molecule has 1 aromatic rings. The van der Waals surface area contributed by atoms with Gasteiger partial charge in [0, 0.05) is 22.6 Å². The quantitative estimate of drug-likeness (QED) is 0.899. The molecule has 1 aliphatic heterocycles. The van der Waals surface area contributed by atoms with E-state index in [-0.39, 0.29) is 0 Å². The minimum atomic E-state index is 0.447. The molecule has 1 aromatic carbocycles. The highest BCUT2D eigenvalue weighted by atomic mass is 79.9. The standard InChI is InChI=1S/C13H18BrNO/c1-9-6-12(14)7-11(13(9)16)8-15-5-3-4-10(15)2/h6-7,10,16H,3-5,8H2,1-2H3. The van der Waals surface area contributed by atoms with Gasteiger partial charge in [-0.3, -0.25) is 4.90 Å². The summed E-state index contributed by atoms with van der Waals surface area (Å²) in [5, 5.41) is 10.0. The molecule has 0 aliphatic carbocycles. The van der Waals surface area contributed by atoms with Gasteiger partial charge < -0.3 is 5.11 Å². The minimum Gasteiger partial charge on any atom is -0.507 e. The number of hydrogen-bond donors (Lipinski definition) is 1. The molecule has 3 heteroatoms. The number of nitrogens with zero attached hydrogens (tertiary/aromatic N) is 1. The normalized spacial score (nSPS) is 21.6. The van der Waals surface area contributed by atoms with Crippen LogP contribution in [0, 0.1) is 6.92 Å². The van der Waals surface area contributed by atoms with Crippen LogP contribution in [0.5, 0.6) is 5.75 Å². The van der Waals surface area contributed by atoms with E-state index in [0.29, 0.717) is 11.8 Å². The van der Waals surface area contributed by atoms with Gasteiger partial charge in [0.1, 0.15) is 5.75 Å². The number of halogens is 1. The van der Waals surface area contributed by atoms with Crippen molar-refractivity contribution < 1.29 is 5.11 Å². The maximum absolute atomic E-state index is 10.0. The van der Waals surface area contributed by atoms with Crippen LogP contribution in [0.15, 0.2) is 16.6 Å². The molecule has 1 unspecified atom stereocenters. The molecule has 0 spiro atoms. The largest absolute Gasteiger partial charge is 0.507 e. The van der Waals surface area contributed by atoms with Crippen molar-refractivity contribution >= 4 is 15.9 Å². The Labute approximate surface area is 105 Å². The molecule has 0 radical (unpaired) electrons. The van der Waals surface area contributed by atoms with Crippen molar-refractivity contribution in [2.45, 2.75) is 39.3 Å². The van der Waals surface area contributed by atoms with Gasteiger partial charge in [-0.2, -0.15) is 0 Å². The minimum absolute atomic E-state index is 0.447. The fourth-order valence-corrected chi connectivity index (χ4v) is 2.99. The third-order valence-electron chi connectivity index (χ3n) is 3.41. The van der Waals surface area contributed by atoms with Crippen LogP contribution < -0.4 is 0 Å². The van der Waals surface area contributed by atoms with E-state index in [0.717, 1.165) is 28.7 Å². The number of likely N-dealkylation sites (tertiary alicyclic amines) is 1. The molecule has 1 heterocycles. The van der Waals surface area contributed by atoms with Crippen molar-refractivity contribution in [3.63, 3.8) is 0 Å². The predicted octanol–water partition coefficient (Wildman–Crippen LogP) is 3.45. The summed E-state index contributed by atoms with van der Waals surface area (Å²) in [6, 6.07) is 4.61. The van der Waals surface area contributed by atoms with Crippen LogP contribution in [-0.4, -0.2) is 22.6 Å². The molecule has 2 nitrogen and oxygen atoms in total. The second-order valence-corrected chi connectivity index (χ2v) is 5.61. The Morgan fingerprint density at radius 3 is 2.88 bits per heavy atom. The van der Waals surface area contributed by atoms with Crippen molar-refractivity contribution in [1.82, 2.24) is 4.90 Å². The number of hydrogen-bond acceptors (Lipinski definition) is 2. The summed E-state index contributed by atoms with van der Waals surface area (Å²) in [4.78, 5) is 2.43. The first-order chi connectivity index (χ1) is 7.58. The van der Waals surface area contributed by atoms with Crippen LogP contribution in [0.2, 0.25) is 0 Å². The highest BCUT2D eigenvalue weighted by molar-refractivity contribution is 9.10. The molecule has 1 saturated heterocycles. The van der Waals surface area contributed by atoms with E-state index in [1.165, 1.54) is 12.8 Å². The van der Waals surface area contributed by atoms with Crippen LogP contribution in [0.1, 0.15) is 30.9 Å². The fourth-order valence-electron chi connectivity index (χ4n) is 2.37. The first-order valence-corrected chi connectivity index (χ1v) is 6.59. The number of phenols is 1. The lowest BCUT2D eigenvalue weighted by atomic mass is 10.1. The monoisotopic (exact) mass is 283 g/mol. The Kier molecular flexibility index (Phi) is 3.55. The predicted molar refractivity (Wildman–Crippen MR) is 69.6 cm³/mol. The Morgan fingerprint density at radius 2 is 2.25 bits per heavy atom. The van der Waals surface area contributed by atoms with E-state index in [4.69, 9.17) is 0 Å². The van der Waals surface area contributed by atoms with Crippen LogP contribution in [0.3, 0.4) is 0 Å². The SMILES string of the molecule is Cc1cc(Br)cc(CN2CCCC2C)c1O. The van der Waals surface area contributed by atoms with E-state index < -0.39 is 0 Å². The molecule has 0 amide bonds. The maximum atomic E-state index is 10.0. The lowest BCUT2D eigenvalue weighted by molar-refractivity contribution is 0.256. The van der Waals surface area contributed by atoms with Gasteiger partial charge in [-0.05, 0) is 50.9 Å². The summed E-state index contributed by atoms with van der Waals surface area (Å²) < 4.78 is 1.05. The van der Waals surface area contributed by atoms with Gasteiger partial charge in [0.2, 0.25) is 0 Å². The van der Waals surface area contributed by atoms with Crippen molar-refractivity contribution in [3.8, 4) is 5.75 Å². The van der Waals surface area contributed by atoms with Crippen LogP contribution in [-0.2, 0) is 6.54 Å². The van der Waals surface area contributed by atoms with E-state index in [2.05, 4.69) is 27.8 Å². The fraction of sp³-hybridized carbons (Fsp3) is 0.538. The first-order valence-electron chi connectivity index (χ1n) is 5.80. The van der Waals surface area contributed by atoms with E-state index in [1.54, 1.807) is 0 Å². The first kappa shape index (κ1) is 11.9. The van der Waals surface area contributed by atoms with Crippen molar-refractivity contribution in [2.24, 2.45) is 0 Å². The second-order valence-electron chi connectivity index (χ2n) is 4.69. The van der Waals surface area contributed by atoms with E-state index in [1.807, 2.05) is 19.1 Å². The van der Waals surface area contributed by atoms with Gasteiger partial charge in [-0.25, -0.2) is 0 Å². The molecular formula is C13H18BrNO. The van der Waals surface area contributed by atoms with Crippen LogP contribution in [0.25, 0.3) is 0 Å². The molecular weight excluding hydrogens is 266 g/mol. The van der Waals surface area contributed by atoms with Gasteiger partial charge in [0.25, 0.3) is 0 Å². The van der Waals surface area contributed by atoms with Gasteiger partial charge in [0.15, 0.2) is 0 Å². The summed E-state index contributed by atoms with van der Waals surface area (Å²) >= 11 is 3.48. The van der Waals surface area contributed by atoms with Gasteiger partial charge in [-0.15, -0.1) is 0 Å². The number of rotatable bonds is 2. The van der Waals surface area contributed by atoms with Crippen molar-refractivity contribution in [2.75, 3.05) is 6.54 Å². The topological polar surface area (TPSA) is 23.5 Å². The summed E-state index contributed by atoms with van der Waals surface area (Å²) in [6.45, 7) is 6.20. The number of aryl methyl sites for hydroxylation is 1.